The number of methoxy groups -OCH3 is 1. The molecule has 1 aromatic carbocycles. The molecule has 5 nitrogen and oxygen atoms in total. The summed E-state index contributed by atoms with van der Waals surface area (Å²) in [7, 11) is 1.47. The molecule has 30 heavy (non-hydrogen) atoms. The number of nitrogens with zero attached hydrogens (tertiary/aromatic N) is 2. The van der Waals surface area contributed by atoms with Crippen molar-refractivity contribution in [1.82, 2.24) is 9.80 Å². The Labute approximate surface area is 191 Å². The fourth-order valence-electron chi connectivity index (χ4n) is 5.44. The summed E-state index contributed by atoms with van der Waals surface area (Å²) in [6.45, 7) is 3.88. The molecule has 2 bridgehead atoms. The first kappa shape index (κ1) is 25.2. The first-order valence-electron chi connectivity index (χ1n) is 10.6. The number of carbonyl (C=O) groups excluding carboxylic acids is 1. The van der Waals surface area contributed by atoms with Crippen molar-refractivity contribution in [3.8, 4) is 5.75 Å². The minimum Gasteiger partial charge on any atom is -0.494 e. The second kappa shape index (κ2) is 11.0. The van der Waals surface area contributed by atoms with Gasteiger partial charge in [-0.15, -0.1) is 24.8 Å². The van der Waals surface area contributed by atoms with Crippen molar-refractivity contribution >= 4 is 30.7 Å². The van der Waals surface area contributed by atoms with Gasteiger partial charge in [0.25, 0.3) is 0 Å². The highest BCUT2D eigenvalue weighted by molar-refractivity contribution is 5.85. The van der Waals surface area contributed by atoms with Crippen molar-refractivity contribution < 1.29 is 13.9 Å². The van der Waals surface area contributed by atoms with E-state index < -0.39 is 0 Å². The lowest BCUT2D eigenvalue weighted by molar-refractivity contribution is -0.140. The van der Waals surface area contributed by atoms with Crippen molar-refractivity contribution in [3.05, 3.63) is 29.6 Å². The van der Waals surface area contributed by atoms with Gasteiger partial charge in [0.15, 0.2) is 11.6 Å². The van der Waals surface area contributed by atoms with Gasteiger partial charge in [-0.25, -0.2) is 4.39 Å². The molecule has 3 aliphatic rings. The molecule has 2 saturated carbocycles. The average Bonchev–Trinajstić information content (AvgIpc) is 2.68. The minimum absolute atomic E-state index is 0. The molecule has 8 heteroatoms. The Morgan fingerprint density at radius 2 is 1.77 bits per heavy atom. The molecule has 2 aliphatic carbocycles. The number of ether oxygens (including phenoxy) is 1. The van der Waals surface area contributed by atoms with Crippen LogP contribution in [0.5, 0.6) is 5.75 Å². The zero-order valence-corrected chi connectivity index (χ0v) is 19.2. The van der Waals surface area contributed by atoms with Crippen molar-refractivity contribution in [2.75, 3.05) is 33.3 Å². The summed E-state index contributed by atoms with van der Waals surface area (Å²) in [6, 6.07) is 5.43. The SMILES string of the molecule is COc1ccc(CN2CCN(C(=O)C3CC4CCCC(C3)C4N)CC2)cc1F.Cl.Cl. The van der Waals surface area contributed by atoms with E-state index in [1.54, 1.807) is 12.1 Å². The Morgan fingerprint density at radius 1 is 1.13 bits per heavy atom. The molecule has 170 valence electrons. The number of nitrogens with two attached hydrogens (primary N) is 1. The molecule has 2 N–H and O–H groups in total. The topological polar surface area (TPSA) is 58.8 Å². The Hall–Kier alpha value is -1.08. The van der Waals surface area contributed by atoms with Crippen LogP contribution in [0.2, 0.25) is 0 Å². The third kappa shape index (κ3) is 5.39. The largest absolute Gasteiger partial charge is 0.494 e. The zero-order valence-electron chi connectivity index (χ0n) is 17.6. The number of rotatable bonds is 4. The van der Waals surface area contributed by atoms with E-state index in [-0.39, 0.29) is 42.3 Å². The van der Waals surface area contributed by atoms with Crippen LogP contribution in [0.4, 0.5) is 4.39 Å². The normalized spacial score (nSPS) is 28.8. The third-order valence-corrected chi connectivity index (χ3v) is 7.07. The molecular formula is C22H34Cl2FN3O2. The summed E-state index contributed by atoms with van der Waals surface area (Å²) in [4.78, 5) is 17.4. The average molecular weight is 462 g/mol. The lowest BCUT2D eigenvalue weighted by Gasteiger charge is -2.45. The van der Waals surface area contributed by atoms with E-state index in [4.69, 9.17) is 10.5 Å². The predicted molar refractivity (Wildman–Crippen MR) is 121 cm³/mol. The van der Waals surface area contributed by atoms with E-state index in [1.165, 1.54) is 26.4 Å². The van der Waals surface area contributed by atoms with Crippen LogP contribution in [0.3, 0.4) is 0 Å². The third-order valence-electron chi connectivity index (χ3n) is 7.07. The van der Waals surface area contributed by atoms with Gasteiger partial charge in [-0.2, -0.15) is 0 Å². The van der Waals surface area contributed by atoms with E-state index in [9.17, 15) is 9.18 Å². The fourth-order valence-corrected chi connectivity index (χ4v) is 5.44. The second-order valence-corrected chi connectivity index (χ2v) is 8.77. The standard InChI is InChI=1S/C22H32FN3O2.2ClH/c1-28-20-6-5-15(11-19(20)23)14-25-7-9-26(10-8-25)22(27)18-12-16-3-2-4-17(13-18)21(16)24;;/h5-6,11,16-18,21H,2-4,7-10,12-14,24H2,1H3;2*1H. The molecule has 1 heterocycles. The number of hydrogen-bond donors (Lipinski definition) is 1. The van der Waals surface area contributed by atoms with Crippen LogP contribution in [-0.2, 0) is 11.3 Å². The molecule has 1 amide bonds. The fraction of sp³-hybridized carbons (Fsp3) is 0.682. The molecule has 1 aromatic rings. The molecular weight excluding hydrogens is 428 g/mol. The molecule has 1 saturated heterocycles. The van der Waals surface area contributed by atoms with Gasteiger partial charge >= 0.3 is 0 Å². The lowest BCUT2D eigenvalue weighted by Crippen LogP contribution is -2.53. The van der Waals surface area contributed by atoms with E-state index >= 15 is 0 Å². The number of amides is 1. The van der Waals surface area contributed by atoms with Crippen LogP contribution in [0, 0.1) is 23.6 Å². The Morgan fingerprint density at radius 3 is 2.33 bits per heavy atom. The van der Waals surface area contributed by atoms with Crippen LogP contribution in [0.1, 0.15) is 37.7 Å². The molecule has 1 aliphatic heterocycles. The van der Waals surface area contributed by atoms with Crippen molar-refractivity contribution in [2.24, 2.45) is 23.5 Å². The number of fused-ring (bicyclic) bond motifs is 2. The van der Waals surface area contributed by atoms with Gasteiger partial charge in [-0.1, -0.05) is 12.5 Å². The van der Waals surface area contributed by atoms with Crippen molar-refractivity contribution in [1.29, 1.82) is 0 Å². The number of hydrogen-bond acceptors (Lipinski definition) is 4. The van der Waals surface area contributed by atoms with E-state index in [1.807, 2.05) is 11.0 Å². The van der Waals surface area contributed by atoms with Gasteiger partial charge < -0.3 is 15.4 Å². The highest BCUT2D eigenvalue weighted by Crippen LogP contribution is 2.42. The number of benzene rings is 1. The molecule has 2 atom stereocenters. The monoisotopic (exact) mass is 461 g/mol. The van der Waals surface area contributed by atoms with Gasteiger partial charge in [-0.3, -0.25) is 9.69 Å². The van der Waals surface area contributed by atoms with Gasteiger partial charge in [-0.05, 0) is 55.2 Å². The molecule has 3 fully saturated rings. The summed E-state index contributed by atoms with van der Waals surface area (Å²) in [5.74, 6) is 1.52. The molecule has 0 radical (unpaired) electrons. The van der Waals surface area contributed by atoms with Crippen LogP contribution >= 0.6 is 24.8 Å². The first-order valence-corrected chi connectivity index (χ1v) is 10.6. The molecule has 2 unspecified atom stereocenters. The summed E-state index contributed by atoms with van der Waals surface area (Å²) in [5, 5.41) is 0. The second-order valence-electron chi connectivity index (χ2n) is 8.77. The number of piperazine rings is 1. The zero-order chi connectivity index (χ0) is 19.7. The van der Waals surface area contributed by atoms with Crippen LogP contribution in [-0.4, -0.2) is 55.0 Å². The van der Waals surface area contributed by atoms with Gasteiger partial charge in [0.1, 0.15) is 0 Å². The maximum absolute atomic E-state index is 13.9. The quantitative estimate of drug-likeness (QED) is 0.745. The van der Waals surface area contributed by atoms with Crippen LogP contribution in [0.25, 0.3) is 0 Å². The van der Waals surface area contributed by atoms with Gasteiger partial charge in [0, 0.05) is 44.7 Å². The maximum Gasteiger partial charge on any atom is 0.225 e. The number of carbonyl (C=O) groups is 1. The van der Waals surface area contributed by atoms with Crippen molar-refractivity contribution in [2.45, 2.75) is 44.7 Å². The molecule has 4 rings (SSSR count). The van der Waals surface area contributed by atoms with E-state index in [0.29, 0.717) is 30.3 Å². The smallest absolute Gasteiger partial charge is 0.225 e. The van der Waals surface area contributed by atoms with Crippen LogP contribution in [0.15, 0.2) is 18.2 Å². The van der Waals surface area contributed by atoms with E-state index in [2.05, 4.69) is 4.90 Å². The predicted octanol–water partition coefficient (Wildman–Crippen LogP) is 3.48. The molecule has 0 aromatic heterocycles. The maximum atomic E-state index is 13.9. The number of halogens is 3. The van der Waals surface area contributed by atoms with Crippen LogP contribution < -0.4 is 10.5 Å². The summed E-state index contributed by atoms with van der Waals surface area (Å²) >= 11 is 0. The summed E-state index contributed by atoms with van der Waals surface area (Å²) in [5.41, 5.74) is 7.32. The summed E-state index contributed by atoms with van der Waals surface area (Å²) < 4.78 is 18.9. The Bertz CT molecular complexity index is 702. The highest BCUT2D eigenvalue weighted by atomic mass is 35.5. The van der Waals surface area contributed by atoms with Gasteiger partial charge in [0.2, 0.25) is 5.91 Å². The van der Waals surface area contributed by atoms with E-state index in [0.717, 1.165) is 44.6 Å². The summed E-state index contributed by atoms with van der Waals surface area (Å²) in [6.07, 6.45) is 5.60. The minimum atomic E-state index is -0.324. The van der Waals surface area contributed by atoms with Gasteiger partial charge in [0.05, 0.1) is 7.11 Å². The first-order chi connectivity index (χ1) is 13.5. The Kier molecular flexibility index (Phi) is 9.22. The molecule has 0 spiro atoms. The lowest BCUT2D eigenvalue weighted by atomic mass is 9.65. The van der Waals surface area contributed by atoms with Crippen molar-refractivity contribution in [3.63, 3.8) is 0 Å². The Balaban J connectivity index is 0.00000160. The highest BCUT2D eigenvalue weighted by Gasteiger charge is 2.41.